The van der Waals surface area contributed by atoms with E-state index in [2.05, 4.69) is 5.32 Å². The van der Waals surface area contributed by atoms with Gasteiger partial charge in [0.2, 0.25) is 0 Å². The lowest BCUT2D eigenvalue weighted by Crippen LogP contribution is -2.33. The van der Waals surface area contributed by atoms with Crippen molar-refractivity contribution in [3.63, 3.8) is 0 Å². The Balaban J connectivity index is 1.92. The number of amides is 2. The molecule has 0 aromatic heterocycles. The van der Waals surface area contributed by atoms with Crippen molar-refractivity contribution < 1.29 is 29.3 Å². The number of aromatic hydroxyl groups is 1. The Morgan fingerprint density at radius 1 is 0.935 bits per heavy atom. The minimum atomic E-state index is -1.13. The number of carboxylic acid groups (broad SMARTS) is 1. The van der Waals surface area contributed by atoms with Crippen molar-refractivity contribution in [2.24, 2.45) is 5.92 Å². The number of aliphatic carboxylic acids is 1. The first-order valence-corrected chi connectivity index (χ1v) is 9.55. The summed E-state index contributed by atoms with van der Waals surface area (Å²) in [4.78, 5) is 35.8. The van der Waals surface area contributed by atoms with Crippen LogP contribution >= 0.6 is 0 Å². The van der Waals surface area contributed by atoms with Crippen LogP contribution in [-0.4, -0.2) is 28.2 Å². The summed E-state index contributed by atoms with van der Waals surface area (Å²) in [5.74, 6) is -2.23. The monoisotopic (exact) mass is 419 g/mol. The molecule has 2 amide bonds. The van der Waals surface area contributed by atoms with Crippen LogP contribution in [0.1, 0.15) is 28.9 Å². The van der Waals surface area contributed by atoms with Gasteiger partial charge in [0.25, 0.3) is 5.91 Å². The number of carbonyl (C=O) groups is 3. The fraction of sp³-hybridized carbons (Fsp3) is 0.125. The maximum Gasteiger partial charge on any atom is 0.414 e. The summed E-state index contributed by atoms with van der Waals surface area (Å²) < 4.78 is 5.57. The van der Waals surface area contributed by atoms with Crippen LogP contribution in [0.4, 0.5) is 4.79 Å². The van der Waals surface area contributed by atoms with Gasteiger partial charge in [-0.3, -0.25) is 10.1 Å². The predicted octanol–water partition coefficient (Wildman–Crippen LogP) is 4.43. The molecule has 0 fully saturated rings. The summed E-state index contributed by atoms with van der Waals surface area (Å²) >= 11 is 0. The van der Waals surface area contributed by atoms with Crippen molar-refractivity contribution in [2.45, 2.75) is 13.0 Å². The SMILES string of the molecule is C[C@H](/C=C/C(=O)O)[C@@H](OC(=O)NC(=O)c1ccccc1)c1ccc(O)c2ccccc12. The van der Waals surface area contributed by atoms with Crippen molar-refractivity contribution in [2.75, 3.05) is 0 Å². The fourth-order valence-corrected chi connectivity index (χ4v) is 3.24. The van der Waals surface area contributed by atoms with Crippen LogP contribution in [0.5, 0.6) is 5.75 Å². The molecule has 0 spiro atoms. The average Bonchev–Trinajstić information content (AvgIpc) is 2.77. The third-order valence-electron chi connectivity index (χ3n) is 4.75. The lowest BCUT2D eigenvalue weighted by Gasteiger charge is -2.24. The molecule has 0 aliphatic heterocycles. The molecule has 0 saturated carbocycles. The van der Waals surface area contributed by atoms with E-state index < -0.39 is 30.0 Å². The molecule has 0 aliphatic rings. The highest BCUT2D eigenvalue weighted by atomic mass is 16.6. The molecule has 3 aromatic carbocycles. The first kappa shape index (κ1) is 21.6. The van der Waals surface area contributed by atoms with Crippen molar-refractivity contribution in [1.29, 1.82) is 0 Å². The number of imide groups is 1. The number of ether oxygens (including phenoxy) is 1. The highest BCUT2D eigenvalue weighted by molar-refractivity contribution is 6.03. The first-order valence-electron chi connectivity index (χ1n) is 9.55. The fourth-order valence-electron chi connectivity index (χ4n) is 3.24. The highest BCUT2D eigenvalue weighted by Gasteiger charge is 2.26. The molecule has 31 heavy (non-hydrogen) atoms. The minimum Gasteiger partial charge on any atom is -0.507 e. The molecule has 7 nitrogen and oxygen atoms in total. The lowest BCUT2D eigenvalue weighted by atomic mass is 9.92. The summed E-state index contributed by atoms with van der Waals surface area (Å²) in [5.41, 5.74) is 0.864. The van der Waals surface area contributed by atoms with Gasteiger partial charge in [0, 0.05) is 28.5 Å². The van der Waals surface area contributed by atoms with Crippen LogP contribution in [0.15, 0.2) is 78.9 Å². The highest BCUT2D eigenvalue weighted by Crippen LogP contribution is 2.36. The molecular weight excluding hydrogens is 398 g/mol. The molecule has 2 atom stereocenters. The van der Waals surface area contributed by atoms with Gasteiger partial charge in [-0.05, 0) is 23.6 Å². The number of phenols is 1. The van der Waals surface area contributed by atoms with Gasteiger partial charge in [-0.2, -0.15) is 0 Å². The molecule has 7 heteroatoms. The summed E-state index contributed by atoms with van der Waals surface area (Å²) in [5, 5.41) is 22.5. The first-order chi connectivity index (χ1) is 14.9. The third kappa shape index (κ3) is 5.27. The molecule has 3 rings (SSSR count). The van der Waals surface area contributed by atoms with E-state index in [4.69, 9.17) is 9.84 Å². The van der Waals surface area contributed by atoms with E-state index in [0.717, 1.165) is 6.08 Å². The number of hydrogen-bond acceptors (Lipinski definition) is 5. The zero-order valence-corrected chi connectivity index (χ0v) is 16.7. The molecule has 3 aromatic rings. The Morgan fingerprint density at radius 2 is 1.58 bits per heavy atom. The summed E-state index contributed by atoms with van der Waals surface area (Å²) in [7, 11) is 0. The quantitative estimate of drug-likeness (QED) is 0.510. The second kappa shape index (κ2) is 9.58. The van der Waals surface area contributed by atoms with Crippen LogP contribution < -0.4 is 5.32 Å². The van der Waals surface area contributed by atoms with E-state index in [9.17, 15) is 19.5 Å². The van der Waals surface area contributed by atoms with Gasteiger partial charge in [0.15, 0.2) is 0 Å². The number of rotatable bonds is 6. The van der Waals surface area contributed by atoms with E-state index in [1.165, 1.54) is 12.1 Å². The second-order valence-corrected chi connectivity index (χ2v) is 6.92. The van der Waals surface area contributed by atoms with E-state index in [0.29, 0.717) is 21.9 Å². The molecule has 0 heterocycles. The van der Waals surface area contributed by atoms with Gasteiger partial charge in [-0.25, -0.2) is 9.59 Å². The van der Waals surface area contributed by atoms with E-state index in [1.807, 2.05) is 0 Å². The van der Waals surface area contributed by atoms with E-state index >= 15 is 0 Å². The van der Waals surface area contributed by atoms with Gasteiger partial charge in [0.05, 0.1) is 0 Å². The van der Waals surface area contributed by atoms with Crippen molar-refractivity contribution in [3.05, 3.63) is 90.0 Å². The number of benzene rings is 3. The maximum atomic E-state index is 12.5. The number of phenolic OH excluding ortho intramolecular Hbond substituents is 1. The van der Waals surface area contributed by atoms with Crippen molar-refractivity contribution >= 4 is 28.7 Å². The largest absolute Gasteiger partial charge is 0.507 e. The Hall–Kier alpha value is -4.13. The smallest absolute Gasteiger partial charge is 0.414 e. The summed E-state index contributed by atoms with van der Waals surface area (Å²) in [6, 6.07) is 18.3. The molecule has 0 unspecified atom stereocenters. The van der Waals surface area contributed by atoms with Gasteiger partial charge in [-0.1, -0.05) is 61.5 Å². The Bertz CT molecular complexity index is 1140. The van der Waals surface area contributed by atoms with Crippen LogP contribution in [0.2, 0.25) is 0 Å². The number of carboxylic acids is 1. The molecular formula is C24H21NO6. The average molecular weight is 419 g/mol. The van der Waals surface area contributed by atoms with E-state index in [-0.39, 0.29) is 5.75 Å². The lowest BCUT2D eigenvalue weighted by molar-refractivity contribution is -0.131. The minimum absolute atomic E-state index is 0.0653. The second-order valence-electron chi connectivity index (χ2n) is 6.92. The van der Waals surface area contributed by atoms with Crippen LogP contribution in [-0.2, 0) is 9.53 Å². The number of carbonyl (C=O) groups excluding carboxylic acids is 2. The molecule has 0 bridgehead atoms. The summed E-state index contributed by atoms with van der Waals surface area (Å²) in [6.45, 7) is 1.69. The molecule has 0 radical (unpaired) electrons. The van der Waals surface area contributed by atoms with Crippen LogP contribution in [0, 0.1) is 5.92 Å². The van der Waals surface area contributed by atoms with Crippen molar-refractivity contribution in [3.8, 4) is 5.75 Å². The number of alkyl carbamates (subject to hydrolysis) is 1. The van der Waals surface area contributed by atoms with Gasteiger partial charge >= 0.3 is 12.1 Å². The Morgan fingerprint density at radius 3 is 2.26 bits per heavy atom. The molecule has 0 saturated heterocycles. The van der Waals surface area contributed by atoms with Gasteiger partial charge < -0.3 is 14.9 Å². The van der Waals surface area contributed by atoms with Gasteiger partial charge in [-0.15, -0.1) is 0 Å². The molecule has 0 aliphatic carbocycles. The Labute approximate surface area is 178 Å². The topological polar surface area (TPSA) is 113 Å². The van der Waals surface area contributed by atoms with Crippen molar-refractivity contribution in [1.82, 2.24) is 5.32 Å². The number of hydrogen-bond donors (Lipinski definition) is 3. The number of nitrogens with one attached hydrogen (secondary N) is 1. The standard InChI is InChI=1S/C24H21NO6/c1-15(11-14-21(27)28)22(19-12-13-20(26)18-10-6-5-9-17(18)19)31-24(30)25-23(29)16-7-3-2-4-8-16/h2-15,22,26H,1H3,(H,27,28)(H,25,29,30)/b14-11+/t15-,22-/m1/s1. The maximum absolute atomic E-state index is 12.5. The Kier molecular flexibility index (Phi) is 6.67. The molecule has 3 N–H and O–H groups in total. The zero-order valence-electron chi connectivity index (χ0n) is 16.7. The molecule has 158 valence electrons. The van der Waals surface area contributed by atoms with Gasteiger partial charge in [0.1, 0.15) is 11.9 Å². The predicted molar refractivity (Wildman–Crippen MR) is 115 cm³/mol. The van der Waals surface area contributed by atoms with Crippen LogP contribution in [0.3, 0.4) is 0 Å². The number of fused-ring (bicyclic) bond motifs is 1. The van der Waals surface area contributed by atoms with Crippen LogP contribution in [0.25, 0.3) is 10.8 Å². The van der Waals surface area contributed by atoms with E-state index in [1.54, 1.807) is 67.6 Å². The normalized spacial score (nSPS) is 12.9. The summed E-state index contributed by atoms with van der Waals surface area (Å²) in [6.07, 6.45) is 0.494. The third-order valence-corrected chi connectivity index (χ3v) is 4.75. The zero-order chi connectivity index (χ0) is 22.4.